The van der Waals surface area contributed by atoms with Crippen molar-refractivity contribution in [1.82, 2.24) is 29.5 Å². The van der Waals surface area contributed by atoms with Crippen LogP contribution in [0.4, 0.5) is 0 Å². The van der Waals surface area contributed by atoms with Gasteiger partial charge in [-0.15, -0.1) is 0 Å². The number of hydrogen-bond donors (Lipinski definition) is 2. The van der Waals surface area contributed by atoms with Crippen LogP contribution in [0.15, 0.2) is 17.4 Å². The molecule has 0 aromatic carbocycles. The van der Waals surface area contributed by atoms with E-state index in [4.69, 9.17) is 0 Å². The van der Waals surface area contributed by atoms with E-state index in [9.17, 15) is 4.79 Å². The highest BCUT2D eigenvalue weighted by Crippen LogP contribution is 2.02. The van der Waals surface area contributed by atoms with Crippen molar-refractivity contribution in [3.05, 3.63) is 23.0 Å². The molecule has 0 bridgehead atoms. The van der Waals surface area contributed by atoms with Crippen LogP contribution in [0.2, 0.25) is 0 Å². The number of H-pyrrole nitrogens is 2. The monoisotopic (exact) mass is 176 g/mol. The summed E-state index contributed by atoms with van der Waals surface area (Å²) in [6, 6.07) is 0. The number of nitrogens with one attached hydrogen (secondary N) is 2. The van der Waals surface area contributed by atoms with Gasteiger partial charge in [0.25, 0.3) is 5.56 Å². The molecular weight excluding hydrogens is 172 g/mol. The fraction of sp³-hybridized carbons (Fsp3) is 0. The van der Waals surface area contributed by atoms with Crippen LogP contribution < -0.4 is 5.56 Å². The third-order valence-corrected chi connectivity index (χ3v) is 1.82. The summed E-state index contributed by atoms with van der Waals surface area (Å²) in [6.45, 7) is 0. The predicted molar refractivity (Wildman–Crippen MR) is 43.3 cm³/mol. The summed E-state index contributed by atoms with van der Waals surface area (Å²) in [5.41, 5.74) is 0.641. The van der Waals surface area contributed by atoms with E-state index in [1.54, 1.807) is 0 Å². The summed E-state index contributed by atoms with van der Waals surface area (Å²) >= 11 is 0. The molecule has 0 aliphatic rings. The second-order valence-electron chi connectivity index (χ2n) is 2.55. The van der Waals surface area contributed by atoms with Crippen molar-refractivity contribution in [3.63, 3.8) is 0 Å². The third kappa shape index (κ3) is 0.675. The highest BCUT2D eigenvalue weighted by molar-refractivity contribution is 5.70. The van der Waals surface area contributed by atoms with Gasteiger partial charge in [-0.05, 0) is 0 Å². The minimum Gasteiger partial charge on any atom is -0.339 e. The fourth-order valence-corrected chi connectivity index (χ4v) is 1.26. The zero-order chi connectivity index (χ0) is 8.84. The predicted octanol–water partition coefficient (Wildman–Crippen LogP) is -0.706. The van der Waals surface area contributed by atoms with Crippen LogP contribution in [0.3, 0.4) is 0 Å². The number of aromatic nitrogens is 6. The molecule has 0 spiro atoms. The number of aromatic amines is 2. The van der Waals surface area contributed by atoms with Crippen LogP contribution in [0, 0.1) is 0 Å². The Hall–Kier alpha value is -2.18. The Morgan fingerprint density at radius 2 is 2.31 bits per heavy atom. The van der Waals surface area contributed by atoms with E-state index in [2.05, 4.69) is 25.0 Å². The number of imidazole rings is 1. The normalized spacial score (nSPS) is 11.4. The molecule has 0 saturated carbocycles. The Morgan fingerprint density at radius 1 is 1.38 bits per heavy atom. The largest absolute Gasteiger partial charge is 0.339 e. The number of fused-ring (bicyclic) bond motifs is 3. The van der Waals surface area contributed by atoms with E-state index in [1.807, 2.05) is 0 Å². The molecule has 7 heteroatoms. The van der Waals surface area contributed by atoms with Crippen molar-refractivity contribution in [3.8, 4) is 0 Å². The molecule has 0 amide bonds. The second-order valence-corrected chi connectivity index (χ2v) is 2.55. The molecule has 3 rings (SSSR count). The van der Waals surface area contributed by atoms with Gasteiger partial charge in [-0.3, -0.25) is 9.78 Å². The number of nitrogens with zero attached hydrogens (tertiary/aromatic N) is 4. The minimum absolute atomic E-state index is 0.243. The Bertz CT molecular complexity index is 631. The second kappa shape index (κ2) is 1.94. The third-order valence-electron chi connectivity index (χ3n) is 1.82. The Labute approximate surface area is 70.4 Å². The Morgan fingerprint density at radius 3 is 3.23 bits per heavy atom. The lowest BCUT2D eigenvalue weighted by Gasteiger charge is -1.90. The molecular formula is C6H4N6O. The van der Waals surface area contributed by atoms with E-state index < -0.39 is 0 Å². The summed E-state index contributed by atoms with van der Waals surface area (Å²) in [5.74, 6) is 0.393. The first-order valence-corrected chi connectivity index (χ1v) is 3.61. The molecule has 0 aliphatic carbocycles. The number of rotatable bonds is 0. The molecule has 0 unspecified atom stereocenters. The molecule has 7 nitrogen and oxygen atoms in total. The lowest BCUT2D eigenvalue weighted by molar-refractivity contribution is 0.962. The molecule has 13 heavy (non-hydrogen) atoms. The molecule has 0 atom stereocenters. The zero-order valence-electron chi connectivity index (χ0n) is 6.35. The highest BCUT2D eigenvalue weighted by Gasteiger charge is 2.07. The summed E-state index contributed by atoms with van der Waals surface area (Å²) in [7, 11) is 0. The molecule has 0 aliphatic heterocycles. The smallest absolute Gasteiger partial charge is 0.278 e. The van der Waals surface area contributed by atoms with Gasteiger partial charge in [0.1, 0.15) is 6.33 Å². The van der Waals surface area contributed by atoms with Crippen LogP contribution in [0.1, 0.15) is 0 Å². The van der Waals surface area contributed by atoms with E-state index in [1.165, 1.54) is 17.2 Å². The summed E-state index contributed by atoms with van der Waals surface area (Å²) in [6.07, 6.45) is 2.81. The van der Waals surface area contributed by atoms with E-state index in [-0.39, 0.29) is 5.56 Å². The van der Waals surface area contributed by atoms with Crippen molar-refractivity contribution in [2.24, 2.45) is 0 Å². The van der Waals surface area contributed by atoms with Gasteiger partial charge in [-0.2, -0.15) is 14.6 Å². The zero-order valence-corrected chi connectivity index (χ0v) is 6.35. The standard InChI is InChI=1S/C6H4N6O/c13-5-3-4(8-1-7-3)12-6(11-5)9-2-10-12/h1-2H,(H,7,8)(H,9,10,11,13). The molecule has 3 aromatic rings. The van der Waals surface area contributed by atoms with Crippen molar-refractivity contribution in [2.45, 2.75) is 0 Å². The molecule has 2 N–H and O–H groups in total. The first kappa shape index (κ1) is 6.35. The van der Waals surface area contributed by atoms with Crippen molar-refractivity contribution in [1.29, 1.82) is 0 Å². The van der Waals surface area contributed by atoms with Gasteiger partial charge in [0.05, 0.1) is 6.33 Å². The molecule has 0 saturated heterocycles. The Kier molecular flexibility index (Phi) is 0.950. The molecule has 0 radical (unpaired) electrons. The van der Waals surface area contributed by atoms with E-state index >= 15 is 0 Å². The van der Waals surface area contributed by atoms with Gasteiger partial charge in [0.15, 0.2) is 11.2 Å². The summed E-state index contributed by atoms with van der Waals surface area (Å²) in [4.78, 5) is 24.4. The summed E-state index contributed by atoms with van der Waals surface area (Å²) in [5, 5.41) is 3.91. The maximum Gasteiger partial charge on any atom is 0.278 e. The average molecular weight is 176 g/mol. The Balaban J connectivity index is 2.79. The lowest BCUT2D eigenvalue weighted by Crippen LogP contribution is -2.10. The van der Waals surface area contributed by atoms with Crippen LogP contribution in [0.5, 0.6) is 0 Å². The van der Waals surface area contributed by atoms with Gasteiger partial charge in [0, 0.05) is 0 Å². The first-order chi connectivity index (χ1) is 6.36. The minimum atomic E-state index is -0.243. The van der Waals surface area contributed by atoms with Crippen LogP contribution in [-0.2, 0) is 0 Å². The molecule has 3 aromatic heterocycles. The van der Waals surface area contributed by atoms with Crippen molar-refractivity contribution in [2.75, 3.05) is 0 Å². The maximum absolute atomic E-state index is 11.3. The van der Waals surface area contributed by atoms with E-state index in [0.717, 1.165) is 0 Å². The van der Waals surface area contributed by atoms with Gasteiger partial charge in [-0.25, -0.2) is 4.98 Å². The van der Waals surface area contributed by atoms with Crippen LogP contribution in [-0.4, -0.2) is 29.5 Å². The van der Waals surface area contributed by atoms with Gasteiger partial charge in [-0.1, -0.05) is 0 Å². The fourth-order valence-electron chi connectivity index (χ4n) is 1.26. The van der Waals surface area contributed by atoms with Gasteiger partial charge in [0.2, 0.25) is 5.78 Å². The highest BCUT2D eigenvalue weighted by atomic mass is 16.1. The van der Waals surface area contributed by atoms with Crippen molar-refractivity contribution < 1.29 is 0 Å². The van der Waals surface area contributed by atoms with Crippen LogP contribution >= 0.6 is 0 Å². The van der Waals surface area contributed by atoms with E-state index in [0.29, 0.717) is 16.9 Å². The number of hydrogen-bond acceptors (Lipinski definition) is 4. The van der Waals surface area contributed by atoms with Gasteiger partial charge >= 0.3 is 0 Å². The lowest BCUT2D eigenvalue weighted by atomic mass is 10.5. The average Bonchev–Trinajstić information content (AvgIpc) is 2.66. The topological polar surface area (TPSA) is 91.7 Å². The first-order valence-electron chi connectivity index (χ1n) is 3.61. The molecule has 64 valence electrons. The summed E-state index contributed by atoms with van der Waals surface area (Å²) < 4.78 is 1.47. The SMILES string of the molecule is O=c1[nH]c2ncnn2c2nc[nH]c12. The van der Waals surface area contributed by atoms with Crippen molar-refractivity contribution >= 4 is 16.9 Å². The maximum atomic E-state index is 11.3. The quantitative estimate of drug-likeness (QED) is 0.473. The van der Waals surface area contributed by atoms with Crippen LogP contribution in [0.25, 0.3) is 16.9 Å². The molecule has 3 heterocycles. The molecule has 0 fully saturated rings. The van der Waals surface area contributed by atoms with Gasteiger partial charge < -0.3 is 4.98 Å².